The zero-order valence-corrected chi connectivity index (χ0v) is 14.5. The van der Waals surface area contributed by atoms with Crippen molar-refractivity contribution in [2.24, 2.45) is 7.05 Å². The summed E-state index contributed by atoms with van der Waals surface area (Å²) in [6.45, 7) is 4.22. The molecule has 0 spiro atoms. The molecule has 1 fully saturated rings. The van der Waals surface area contributed by atoms with Crippen LogP contribution in [0.5, 0.6) is 5.88 Å². The largest absolute Gasteiger partial charge is 0.481 e. The fraction of sp³-hybridized carbons (Fsp3) is 0.438. The van der Waals surface area contributed by atoms with Gasteiger partial charge in [-0.05, 0) is 13.0 Å². The number of ether oxygens (including phenoxy) is 1. The molecular weight excluding hydrogens is 324 g/mol. The van der Waals surface area contributed by atoms with Gasteiger partial charge in [0.15, 0.2) is 0 Å². The predicted octanol–water partition coefficient (Wildman–Crippen LogP) is -0.150. The van der Waals surface area contributed by atoms with Crippen molar-refractivity contribution < 1.29 is 9.53 Å². The van der Waals surface area contributed by atoms with Gasteiger partial charge < -0.3 is 14.5 Å². The third-order valence-corrected chi connectivity index (χ3v) is 4.08. The van der Waals surface area contributed by atoms with Crippen LogP contribution in [0.1, 0.15) is 16.3 Å². The molecule has 2 aromatic rings. The van der Waals surface area contributed by atoms with Crippen LogP contribution >= 0.6 is 0 Å². The normalized spacial score (nSPS) is 14.5. The molecule has 25 heavy (non-hydrogen) atoms. The van der Waals surface area contributed by atoms with Gasteiger partial charge in [0.2, 0.25) is 5.88 Å². The molecular formula is C16H20N6O3. The second-order valence-corrected chi connectivity index (χ2v) is 5.78. The molecule has 1 amide bonds. The van der Waals surface area contributed by atoms with Crippen LogP contribution in [0.2, 0.25) is 0 Å². The van der Waals surface area contributed by atoms with Gasteiger partial charge in [-0.2, -0.15) is 10.1 Å². The first-order valence-corrected chi connectivity index (χ1v) is 7.96. The maximum Gasteiger partial charge on any atom is 0.274 e. The Morgan fingerprint density at radius 2 is 1.88 bits per heavy atom. The lowest BCUT2D eigenvalue weighted by molar-refractivity contribution is 0.0738. The molecule has 0 bridgehead atoms. The van der Waals surface area contributed by atoms with Crippen molar-refractivity contribution in [2.45, 2.75) is 6.92 Å². The summed E-state index contributed by atoms with van der Waals surface area (Å²) in [5, 5.41) is 4.02. The average Bonchev–Trinajstić information content (AvgIpc) is 2.63. The minimum Gasteiger partial charge on any atom is -0.481 e. The van der Waals surface area contributed by atoms with Gasteiger partial charge in [0.05, 0.1) is 7.11 Å². The number of rotatable bonds is 3. The van der Waals surface area contributed by atoms with Crippen LogP contribution in [-0.4, -0.2) is 63.8 Å². The minimum absolute atomic E-state index is 0.174. The van der Waals surface area contributed by atoms with E-state index in [4.69, 9.17) is 4.74 Å². The first kappa shape index (κ1) is 16.9. The number of piperazine rings is 1. The van der Waals surface area contributed by atoms with E-state index in [-0.39, 0.29) is 17.2 Å². The molecule has 3 rings (SSSR count). The zero-order chi connectivity index (χ0) is 18.0. The van der Waals surface area contributed by atoms with Crippen molar-refractivity contribution in [3.05, 3.63) is 40.1 Å². The summed E-state index contributed by atoms with van der Waals surface area (Å²) in [6, 6.07) is 4.61. The Balaban J connectivity index is 1.69. The summed E-state index contributed by atoms with van der Waals surface area (Å²) in [4.78, 5) is 36.4. The molecule has 9 nitrogen and oxygen atoms in total. The van der Waals surface area contributed by atoms with Crippen molar-refractivity contribution >= 4 is 11.7 Å². The number of hydrogen-bond donors (Lipinski definition) is 0. The van der Waals surface area contributed by atoms with Gasteiger partial charge >= 0.3 is 0 Å². The van der Waals surface area contributed by atoms with Crippen molar-refractivity contribution in [3.8, 4) is 5.88 Å². The Morgan fingerprint density at radius 1 is 1.16 bits per heavy atom. The smallest absolute Gasteiger partial charge is 0.274 e. The van der Waals surface area contributed by atoms with E-state index in [1.165, 1.54) is 23.9 Å². The zero-order valence-electron chi connectivity index (χ0n) is 14.5. The van der Waals surface area contributed by atoms with Gasteiger partial charge in [-0.1, -0.05) is 0 Å². The first-order chi connectivity index (χ1) is 12.0. The molecule has 0 aliphatic carbocycles. The molecule has 0 saturated carbocycles. The number of hydrogen-bond acceptors (Lipinski definition) is 7. The summed E-state index contributed by atoms with van der Waals surface area (Å²) in [7, 11) is 3.10. The molecule has 1 aliphatic rings. The fourth-order valence-corrected chi connectivity index (χ4v) is 2.71. The van der Waals surface area contributed by atoms with E-state index in [9.17, 15) is 9.59 Å². The maximum atomic E-state index is 12.5. The molecule has 1 saturated heterocycles. The summed E-state index contributed by atoms with van der Waals surface area (Å²) in [5.41, 5.74) is 0.0320. The quantitative estimate of drug-likeness (QED) is 0.764. The van der Waals surface area contributed by atoms with Gasteiger partial charge in [0, 0.05) is 45.4 Å². The van der Waals surface area contributed by atoms with E-state index in [0.29, 0.717) is 37.9 Å². The second kappa shape index (κ2) is 6.88. The number of amides is 1. The highest BCUT2D eigenvalue weighted by molar-refractivity contribution is 5.92. The number of nitrogens with zero attached hydrogens (tertiary/aromatic N) is 6. The standard InChI is InChI=1S/C16H20N6O3/c1-11-17-13(10-14(18-11)25-3)21-6-8-22(9-7-21)16(24)12-4-5-15(23)20(2)19-12/h4-5,10H,6-9H2,1-3H3. The average molecular weight is 344 g/mol. The Morgan fingerprint density at radius 3 is 2.52 bits per heavy atom. The summed E-state index contributed by atoms with van der Waals surface area (Å²) in [6.07, 6.45) is 0. The van der Waals surface area contributed by atoms with Crippen LogP contribution in [-0.2, 0) is 7.05 Å². The van der Waals surface area contributed by atoms with Crippen molar-refractivity contribution in [3.63, 3.8) is 0 Å². The third-order valence-electron chi connectivity index (χ3n) is 4.08. The number of carbonyl (C=O) groups is 1. The molecule has 0 radical (unpaired) electrons. The van der Waals surface area contributed by atoms with Gasteiger partial charge in [0.1, 0.15) is 17.3 Å². The molecule has 0 N–H and O–H groups in total. The van der Waals surface area contributed by atoms with Crippen LogP contribution in [0, 0.1) is 6.92 Å². The van der Waals surface area contributed by atoms with Crippen molar-refractivity contribution in [1.82, 2.24) is 24.6 Å². The van der Waals surface area contributed by atoms with E-state index < -0.39 is 0 Å². The van der Waals surface area contributed by atoms with Gasteiger partial charge in [-0.3, -0.25) is 9.59 Å². The van der Waals surface area contributed by atoms with Gasteiger partial charge in [0.25, 0.3) is 11.5 Å². The van der Waals surface area contributed by atoms with Crippen LogP contribution in [0.15, 0.2) is 23.0 Å². The van der Waals surface area contributed by atoms with Crippen molar-refractivity contribution in [2.75, 3.05) is 38.2 Å². The number of aryl methyl sites for hydroxylation is 2. The third kappa shape index (κ3) is 3.59. The van der Waals surface area contributed by atoms with Crippen LogP contribution < -0.4 is 15.2 Å². The number of methoxy groups -OCH3 is 1. The lowest BCUT2D eigenvalue weighted by Crippen LogP contribution is -2.49. The molecule has 1 aliphatic heterocycles. The second-order valence-electron chi connectivity index (χ2n) is 5.78. The maximum absolute atomic E-state index is 12.5. The van der Waals surface area contributed by atoms with E-state index in [1.54, 1.807) is 18.1 Å². The Bertz CT molecular complexity index is 842. The lowest BCUT2D eigenvalue weighted by atomic mass is 10.2. The van der Waals surface area contributed by atoms with Gasteiger partial charge in [-0.25, -0.2) is 9.67 Å². The topological polar surface area (TPSA) is 93.5 Å². The molecule has 0 atom stereocenters. The molecule has 2 aromatic heterocycles. The molecule has 3 heterocycles. The Labute approximate surface area is 144 Å². The van der Waals surface area contributed by atoms with Crippen LogP contribution in [0.3, 0.4) is 0 Å². The lowest BCUT2D eigenvalue weighted by Gasteiger charge is -2.35. The summed E-state index contributed by atoms with van der Waals surface area (Å²) >= 11 is 0. The van der Waals surface area contributed by atoms with Crippen molar-refractivity contribution in [1.29, 1.82) is 0 Å². The Kier molecular flexibility index (Phi) is 4.64. The molecule has 9 heteroatoms. The SMILES string of the molecule is COc1cc(N2CCN(C(=O)c3ccc(=O)n(C)n3)CC2)nc(C)n1. The fourth-order valence-electron chi connectivity index (χ4n) is 2.71. The van der Waals surface area contributed by atoms with E-state index >= 15 is 0 Å². The van der Waals surface area contributed by atoms with E-state index in [0.717, 1.165) is 5.82 Å². The van der Waals surface area contributed by atoms with Crippen LogP contribution in [0.4, 0.5) is 5.82 Å². The summed E-state index contributed by atoms with van der Waals surface area (Å²) in [5.74, 6) is 1.78. The number of carbonyl (C=O) groups excluding carboxylic acids is 1. The van der Waals surface area contributed by atoms with E-state index in [2.05, 4.69) is 20.0 Å². The number of anilines is 1. The predicted molar refractivity (Wildman–Crippen MR) is 90.9 cm³/mol. The highest BCUT2D eigenvalue weighted by Crippen LogP contribution is 2.19. The highest BCUT2D eigenvalue weighted by atomic mass is 16.5. The first-order valence-electron chi connectivity index (χ1n) is 7.96. The molecule has 132 valence electrons. The Hall–Kier alpha value is -2.97. The highest BCUT2D eigenvalue weighted by Gasteiger charge is 2.24. The molecule has 0 unspecified atom stereocenters. The monoisotopic (exact) mass is 344 g/mol. The summed E-state index contributed by atoms with van der Waals surface area (Å²) < 4.78 is 6.35. The van der Waals surface area contributed by atoms with E-state index in [1.807, 2.05) is 6.92 Å². The van der Waals surface area contributed by atoms with Gasteiger partial charge in [-0.15, -0.1) is 0 Å². The minimum atomic E-state index is -0.241. The number of aromatic nitrogens is 4. The molecule has 0 aromatic carbocycles. The van der Waals surface area contributed by atoms with Crippen LogP contribution in [0.25, 0.3) is 0 Å².